The predicted octanol–water partition coefficient (Wildman–Crippen LogP) is 4.21. The summed E-state index contributed by atoms with van der Waals surface area (Å²) in [6.45, 7) is 1.92. The molecule has 4 aromatic rings. The molecule has 0 fully saturated rings. The molecule has 7 heteroatoms. The molecule has 150 valence electrons. The zero-order valence-corrected chi connectivity index (χ0v) is 17.5. The van der Waals surface area contributed by atoms with Crippen molar-refractivity contribution in [2.45, 2.75) is 11.8 Å². The van der Waals surface area contributed by atoms with Crippen LogP contribution in [0.25, 0.3) is 22.2 Å². The van der Waals surface area contributed by atoms with Crippen molar-refractivity contribution in [1.82, 2.24) is 8.54 Å². The Bertz CT molecular complexity index is 1300. The topological polar surface area (TPSA) is 62.5 Å². The highest BCUT2D eigenvalue weighted by atomic mass is 32.2. The van der Waals surface area contributed by atoms with E-state index in [2.05, 4.69) is 0 Å². The van der Waals surface area contributed by atoms with E-state index >= 15 is 0 Å². The molecule has 0 N–H and O–H groups in total. The minimum Gasteiger partial charge on any atom is -0.497 e. The minimum atomic E-state index is -3.74. The molecule has 0 spiro atoms. The Morgan fingerprint density at radius 2 is 1.69 bits per heavy atom. The van der Waals surface area contributed by atoms with E-state index in [4.69, 9.17) is 9.47 Å². The maximum atomic E-state index is 13.3. The molecule has 0 aliphatic carbocycles. The Labute approximate surface area is 170 Å². The van der Waals surface area contributed by atoms with E-state index in [1.165, 1.54) is 3.97 Å². The van der Waals surface area contributed by atoms with Gasteiger partial charge in [0.1, 0.15) is 11.5 Å². The van der Waals surface area contributed by atoms with E-state index in [1.54, 1.807) is 56.8 Å². The lowest BCUT2D eigenvalue weighted by Crippen LogP contribution is -2.13. The molecule has 0 amide bonds. The molecular formula is C22H22N2O4S. The van der Waals surface area contributed by atoms with Crippen LogP contribution in [0, 0.1) is 6.92 Å². The van der Waals surface area contributed by atoms with Crippen LogP contribution in [0.15, 0.2) is 65.8 Å². The summed E-state index contributed by atoms with van der Waals surface area (Å²) in [6, 6.07) is 14.1. The molecule has 0 bridgehead atoms. The Morgan fingerprint density at radius 3 is 2.34 bits per heavy atom. The number of benzene rings is 2. The van der Waals surface area contributed by atoms with Crippen molar-refractivity contribution < 1.29 is 17.9 Å². The van der Waals surface area contributed by atoms with E-state index in [0.29, 0.717) is 17.2 Å². The highest BCUT2D eigenvalue weighted by molar-refractivity contribution is 7.90. The molecule has 0 atom stereocenters. The van der Waals surface area contributed by atoms with Crippen molar-refractivity contribution in [2.75, 3.05) is 14.2 Å². The van der Waals surface area contributed by atoms with Crippen molar-refractivity contribution in [3.05, 3.63) is 66.5 Å². The standard InChI is InChI=1S/C22H22N2O4S/c1-15-7-9-17(10-8-15)29(25,26)24-11-5-6-20(24)19-14-23(2)22-18(19)12-16(27-3)13-21(22)28-4/h5-14H,1-4H3. The van der Waals surface area contributed by atoms with Gasteiger partial charge in [-0.2, -0.15) is 0 Å². The molecule has 2 aromatic carbocycles. The van der Waals surface area contributed by atoms with E-state index in [-0.39, 0.29) is 4.90 Å². The van der Waals surface area contributed by atoms with Gasteiger partial charge < -0.3 is 14.0 Å². The van der Waals surface area contributed by atoms with Crippen LogP contribution in [-0.4, -0.2) is 31.2 Å². The monoisotopic (exact) mass is 410 g/mol. The third-order valence-electron chi connectivity index (χ3n) is 5.04. The molecule has 0 unspecified atom stereocenters. The fraction of sp³-hybridized carbons (Fsp3) is 0.182. The second kappa shape index (κ2) is 7.00. The number of aromatic nitrogens is 2. The van der Waals surface area contributed by atoms with Crippen LogP contribution in [-0.2, 0) is 17.1 Å². The van der Waals surface area contributed by atoms with Crippen molar-refractivity contribution >= 4 is 20.9 Å². The Morgan fingerprint density at radius 1 is 0.966 bits per heavy atom. The van der Waals surface area contributed by atoms with Gasteiger partial charge in [0.05, 0.1) is 30.3 Å². The number of rotatable bonds is 5. The second-order valence-corrected chi connectivity index (χ2v) is 8.70. The number of aryl methyl sites for hydroxylation is 2. The average molecular weight is 410 g/mol. The lowest BCUT2D eigenvalue weighted by Gasteiger charge is -2.11. The van der Waals surface area contributed by atoms with Crippen LogP contribution in [0.4, 0.5) is 0 Å². The summed E-state index contributed by atoms with van der Waals surface area (Å²) in [5, 5.41) is 0.850. The molecule has 29 heavy (non-hydrogen) atoms. The maximum Gasteiger partial charge on any atom is 0.268 e. The quantitative estimate of drug-likeness (QED) is 0.494. The van der Waals surface area contributed by atoms with E-state index in [0.717, 1.165) is 22.0 Å². The molecule has 0 saturated carbocycles. The summed E-state index contributed by atoms with van der Waals surface area (Å²) in [7, 11) is 1.36. The molecule has 0 aliphatic rings. The van der Waals surface area contributed by atoms with Gasteiger partial charge in [-0.3, -0.25) is 0 Å². The number of hydrogen-bond acceptors (Lipinski definition) is 4. The normalized spacial score (nSPS) is 11.7. The molecular weight excluding hydrogens is 388 g/mol. The van der Waals surface area contributed by atoms with Crippen LogP contribution in [0.3, 0.4) is 0 Å². The molecule has 2 aromatic heterocycles. The SMILES string of the molecule is COc1cc(OC)c2c(c1)c(-c1cccn1S(=O)(=O)c1ccc(C)cc1)cn2C. The summed E-state index contributed by atoms with van der Waals surface area (Å²) in [4.78, 5) is 0.246. The minimum absolute atomic E-state index is 0.246. The Hall–Kier alpha value is -3.19. The van der Waals surface area contributed by atoms with Crippen LogP contribution in [0.1, 0.15) is 5.56 Å². The van der Waals surface area contributed by atoms with E-state index in [9.17, 15) is 8.42 Å². The molecule has 0 radical (unpaired) electrons. The Kier molecular flexibility index (Phi) is 4.62. The highest BCUT2D eigenvalue weighted by Crippen LogP contribution is 2.39. The average Bonchev–Trinajstić information content (AvgIpc) is 3.33. The summed E-state index contributed by atoms with van der Waals surface area (Å²) < 4.78 is 40.8. The van der Waals surface area contributed by atoms with Gasteiger partial charge in [-0.1, -0.05) is 17.7 Å². The predicted molar refractivity (Wildman–Crippen MR) is 113 cm³/mol. The van der Waals surface area contributed by atoms with Crippen molar-refractivity contribution in [3.63, 3.8) is 0 Å². The number of fused-ring (bicyclic) bond motifs is 1. The van der Waals surface area contributed by atoms with Crippen LogP contribution >= 0.6 is 0 Å². The third kappa shape index (κ3) is 3.07. The first-order chi connectivity index (χ1) is 13.9. The first-order valence-electron chi connectivity index (χ1n) is 9.08. The third-order valence-corrected chi connectivity index (χ3v) is 6.74. The van der Waals surface area contributed by atoms with Crippen molar-refractivity contribution in [3.8, 4) is 22.8 Å². The van der Waals surface area contributed by atoms with Crippen LogP contribution < -0.4 is 9.47 Å². The van der Waals surface area contributed by atoms with Gasteiger partial charge in [0.15, 0.2) is 0 Å². The number of hydrogen-bond donors (Lipinski definition) is 0. The van der Waals surface area contributed by atoms with Gasteiger partial charge in [0, 0.05) is 36.5 Å². The van der Waals surface area contributed by atoms with Gasteiger partial charge in [-0.05, 0) is 37.3 Å². The molecule has 0 aliphatic heterocycles. The van der Waals surface area contributed by atoms with E-state index in [1.807, 2.05) is 36.9 Å². The van der Waals surface area contributed by atoms with Crippen LogP contribution in [0.2, 0.25) is 0 Å². The highest BCUT2D eigenvalue weighted by Gasteiger charge is 2.23. The molecule has 0 saturated heterocycles. The maximum absolute atomic E-state index is 13.3. The Balaban J connectivity index is 1.96. The number of nitrogens with zero attached hydrogens (tertiary/aromatic N) is 2. The second-order valence-electron chi connectivity index (χ2n) is 6.89. The van der Waals surface area contributed by atoms with Gasteiger partial charge in [-0.25, -0.2) is 12.4 Å². The van der Waals surface area contributed by atoms with Gasteiger partial charge in [0.2, 0.25) is 0 Å². The first kappa shape index (κ1) is 19.1. The fourth-order valence-electron chi connectivity index (χ4n) is 3.57. The largest absolute Gasteiger partial charge is 0.497 e. The number of ether oxygens (including phenoxy) is 2. The summed E-state index contributed by atoms with van der Waals surface area (Å²) in [5.74, 6) is 1.30. The van der Waals surface area contributed by atoms with Gasteiger partial charge in [0.25, 0.3) is 10.0 Å². The fourth-order valence-corrected chi connectivity index (χ4v) is 4.92. The zero-order valence-electron chi connectivity index (χ0n) is 16.7. The zero-order chi connectivity index (χ0) is 20.8. The summed E-state index contributed by atoms with van der Waals surface area (Å²) in [5.41, 5.74) is 3.22. The van der Waals surface area contributed by atoms with Crippen molar-refractivity contribution in [1.29, 1.82) is 0 Å². The first-order valence-corrected chi connectivity index (χ1v) is 10.5. The molecule has 6 nitrogen and oxygen atoms in total. The smallest absolute Gasteiger partial charge is 0.268 e. The lowest BCUT2D eigenvalue weighted by molar-refractivity contribution is 0.397. The van der Waals surface area contributed by atoms with Crippen LogP contribution in [0.5, 0.6) is 11.5 Å². The summed E-state index contributed by atoms with van der Waals surface area (Å²) in [6.07, 6.45) is 3.48. The van der Waals surface area contributed by atoms with Gasteiger partial charge >= 0.3 is 0 Å². The molecule has 4 rings (SSSR count). The van der Waals surface area contributed by atoms with Gasteiger partial charge in [-0.15, -0.1) is 0 Å². The lowest BCUT2D eigenvalue weighted by atomic mass is 10.1. The van der Waals surface area contributed by atoms with E-state index < -0.39 is 10.0 Å². The number of methoxy groups -OCH3 is 2. The molecule has 2 heterocycles. The summed E-state index contributed by atoms with van der Waals surface area (Å²) >= 11 is 0. The van der Waals surface area contributed by atoms with Crippen molar-refractivity contribution in [2.24, 2.45) is 7.05 Å².